The van der Waals surface area contributed by atoms with Crippen molar-refractivity contribution in [3.8, 4) is 34.3 Å². The molecule has 0 spiro atoms. The van der Waals surface area contributed by atoms with Gasteiger partial charge in [0.1, 0.15) is 0 Å². The number of nitro groups is 1. The van der Waals surface area contributed by atoms with Gasteiger partial charge in [0.25, 0.3) is 0 Å². The summed E-state index contributed by atoms with van der Waals surface area (Å²) in [6.45, 7) is 0.339. The molecule has 0 saturated carbocycles. The van der Waals surface area contributed by atoms with Crippen LogP contribution in [0.3, 0.4) is 0 Å². The summed E-state index contributed by atoms with van der Waals surface area (Å²) in [5.41, 5.74) is 1.90. The van der Waals surface area contributed by atoms with Crippen LogP contribution in [0.2, 0.25) is 0 Å². The fourth-order valence-corrected chi connectivity index (χ4v) is 2.99. The van der Waals surface area contributed by atoms with Crippen molar-refractivity contribution in [3.05, 3.63) is 52.2 Å². The molecule has 0 fully saturated rings. The highest BCUT2D eigenvalue weighted by molar-refractivity contribution is 5.66. The first kappa shape index (κ1) is 19.9. The van der Waals surface area contributed by atoms with Crippen molar-refractivity contribution in [2.75, 3.05) is 28.4 Å². The smallest absolute Gasteiger partial charge is 0.311 e. The number of hydrogen-bond donors (Lipinski definition) is 0. The molecule has 2 aromatic carbocycles. The topological polar surface area (TPSA) is 111 Å². The van der Waals surface area contributed by atoms with Gasteiger partial charge in [0.05, 0.1) is 51.8 Å². The van der Waals surface area contributed by atoms with E-state index in [1.165, 1.54) is 20.3 Å². The zero-order chi connectivity index (χ0) is 21.0. The monoisotopic (exact) mass is 400 g/mol. The molecule has 1 heterocycles. The number of benzene rings is 2. The lowest BCUT2D eigenvalue weighted by Crippen LogP contribution is -2.06. The molecular weight excluding hydrogens is 380 g/mol. The van der Waals surface area contributed by atoms with Crippen LogP contribution in [-0.4, -0.2) is 48.4 Å². The molecule has 0 unspecified atom stereocenters. The van der Waals surface area contributed by atoms with Crippen molar-refractivity contribution in [1.29, 1.82) is 0 Å². The zero-order valence-corrected chi connectivity index (χ0v) is 16.4. The van der Waals surface area contributed by atoms with E-state index in [9.17, 15) is 10.1 Å². The van der Waals surface area contributed by atoms with Gasteiger partial charge in [-0.25, -0.2) is 4.68 Å². The highest BCUT2D eigenvalue weighted by Gasteiger charge is 2.19. The molecule has 152 valence electrons. The van der Waals surface area contributed by atoms with Crippen molar-refractivity contribution in [2.45, 2.75) is 6.54 Å². The standard InChI is InChI=1S/C19H20N4O6/c1-26-16-6-5-13(9-14(16)23(24)25)15-10-20-21-22(15)11-12-7-17(27-2)19(29-4)18(8-12)28-3/h5-10H,11H2,1-4H3. The van der Waals surface area contributed by atoms with Gasteiger partial charge in [-0.1, -0.05) is 5.21 Å². The minimum Gasteiger partial charge on any atom is -0.493 e. The average molecular weight is 400 g/mol. The largest absolute Gasteiger partial charge is 0.493 e. The Balaban J connectivity index is 2.00. The number of nitro benzene ring substituents is 1. The Morgan fingerprint density at radius 1 is 0.966 bits per heavy atom. The molecule has 0 saturated heterocycles. The van der Waals surface area contributed by atoms with Crippen molar-refractivity contribution >= 4 is 5.69 Å². The Hall–Kier alpha value is -3.82. The third-order valence-corrected chi connectivity index (χ3v) is 4.35. The van der Waals surface area contributed by atoms with Gasteiger partial charge >= 0.3 is 5.69 Å². The average Bonchev–Trinajstić information content (AvgIpc) is 3.20. The summed E-state index contributed by atoms with van der Waals surface area (Å²) in [7, 11) is 6.00. The first-order chi connectivity index (χ1) is 14.0. The van der Waals surface area contributed by atoms with Crippen LogP contribution in [0.15, 0.2) is 36.5 Å². The van der Waals surface area contributed by atoms with E-state index in [1.54, 1.807) is 37.2 Å². The third-order valence-electron chi connectivity index (χ3n) is 4.35. The van der Waals surface area contributed by atoms with E-state index < -0.39 is 4.92 Å². The molecule has 0 aliphatic carbocycles. The number of hydrogen-bond acceptors (Lipinski definition) is 8. The van der Waals surface area contributed by atoms with Crippen LogP contribution in [0.25, 0.3) is 11.3 Å². The van der Waals surface area contributed by atoms with Gasteiger partial charge in [-0.05, 0) is 29.8 Å². The number of ether oxygens (including phenoxy) is 4. The highest BCUT2D eigenvalue weighted by atomic mass is 16.6. The molecule has 3 aromatic rings. The first-order valence-corrected chi connectivity index (χ1v) is 8.52. The van der Waals surface area contributed by atoms with E-state index in [0.717, 1.165) is 5.56 Å². The minimum absolute atomic E-state index is 0.134. The Morgan fingerprint density at radius 2 is 1.62 bits per heavy atom. The first-order valence-electron chi connectivity index (χ1n) is 8.52. The number of nitrogens with zero attached hydrogens (tertiary/aromatic N) is 4. The fraction of sp³-hybridized carbons (Fsp3) is 0.263. The molecule has 0 amide bonds. The molecule has 0 radical (unpaired) electrons. The summed E-state index contributed by atoms with van der Waals surface area (Å²) in [6.07, 6.45) is 1.55. The second-order valence-electron chi connectivity index (χ2n) is 5.95. The molecule has 3 rings (SSSR count). The van der Waals surface area contributed by atoms with E-state index in [0.29, 0.717) is 35.1 Å². The molecular formula is C19H20N4O6. The van der Waals surface area contributed by atoms with Crippen LogP contribution in [0.5, 0.6) is 23.0 Å². The molecule has 0 N–H and O–H groups in total. The Kier molecular flexibility index (Phi) is 5.82. The van der Waals surface area contributed by atoms with Crippen LogP contribution in [0.1, 0.15) is 5.56 Å². The van der Waals surface area contributed by atoms with Crippen LogP contribution in [0.4, 0.5) is 5.69 Å². The lowest BCUT2D eigenvalue weighted by molar-refractivity contribution is -0.385. The van der Waals surface area contributed by atoms with E-state index in [4.69, 9.17) is 18.9 Å². The summed E-state index contributed by atoms with van der Waals surface area (Å²) in [6, 6.07) is 8.32. The molecule has 0 aliphatic heterocycles. The summed E-state index contributed by atoms with van der Waals surface area (Å²) >= 11 is 0. The van der Waals surface area contributed by atoms with E-state index in [1.807, 2.05) is 12.1 Å². The van der Waals surface area contributed by atoms with Gasteiger partial charge in [0, 0.05) is 11.6 Å². The summed E-state index contributed by atoms with van der Waals surface area (Å²) in [5.74, 6) is 1.71. The van der Waals surface area contributed by atoms with E-state index in [2.05, 4.69) is 10.3 Å². The lowest BCUT2D eigenvalue weighted by Gasteiger charge is -2.14. The third kappa shape index (κ3) is 3.91. The number of aromatic nitrogens is 3. The highest BCUT2D eigenvalue weighted by Crippen LogP contribution is 2.38. The number of rotatable bonds is 8. The van der Waals surface area contributed by atoms with Gasteiger partial charge in [-0.3, -0.25) is 10.1 Å². The maximum absolute atomic E-state index is 11.3. The summed E-state index contributed by atoms with van der Waals surface area (Å²) in [5, 5.41) is 19.4. The van der Waals surface area contributed by atoms with Gasteiger partial charge < -0.3 is 18.9 Å². The second kappa shape index (κ2) is 8.46. The molecule has 0 atom stereocenters. The van der Waals surface area contributed by atoms with Gasteiger partial charge in [-0.2, -0.15) is 0 Å². The van der Waals surface area contributed by atoms with Crippen LogP contribution >= 0.6 is 0 Å². The summed E-state index contributed by atoms with van der Waals surface area (Å²) in [4.78, 5) is 10.8. The van der Waals surface area contributed by atoms with E-state index in [-0.39, 0.29) is 11.4 Å². The molecule has 29 heavy (non-hydrogen) atoms. The number of methoxy groups -OCH3 is 4. The fourth-order valence-electron chi connectivity index (χ4n) is 2.99. The maximum Gasteiger partial charge on any atom is 0.311 e. The van der Waals surface area contributed by atoms with Crippen molar-refractivity contribution in [1.82, 2.24) is 15.0 Å². The molecule has 10 nitrogen and oxygen atoms in total. The van der Waals surface area contributed by atoms with Gasteiger partial charge in [-0.15, -0.1) is 5.10 Å². The second-order valence-corrected chi connectivity index (χ2v) is 5.95. The predicted molar refractivity (Wildman–Crippen MR) is 104 cm³/mol. The van der Waals surface area contributed by atoms with Crippen LogP contribution in [0, 0.1) is 10.1 Å². The van der Waals surface area contributed by atoms with Crippen molar-refractivity contribution < 1.29 is 23.9 Å². The Bertz CT molecular complexity index is 1010. The zero-order valence-electron chi connectivity index (χ0n) is 16.4. The van der Waals surface area contributed by atoms with Crippen LogP contribution < -0.4 is 18.9 Å². The summed E-state index contributed by atoms with van der Waals surface area (Å²) < 4.78 is 22.8. The molecule has 1 aromatic heterocycles. The van der Waals surface area contributed by atoms with Gasteiger partial charge in [0.15, 0.2) is 17.2 Å². The predicted octanol–water partition coefficient (Wildman–Crippen LogP) is 2.94. The van der Waals surface area contributed by atoms with E-state index >= 15 is 0 Å². The molecule has 0 bridgehead atoms. The minimum atomic E-state index is -0.490. The lowest BCUT2D eigenvalue weighted by atomic mass is 10.1. The normalized spacial score (nSPS) is 10.5. The quantitative estimate of drug-likeness (QED) is 0.419. The Labute approximate surface area is 166 Å². The molecule has 0 aliphatic rings. The van der Waals surface area contributed by atoms with Crippen molar-refractivity contribution in [3.63, 3.8) is 0 Å². The van der Waals surface area contributed by atoms with Gasteiger partial charge in [0.2, 0.25) is 5.75 Å². The SMILES string of the molecule is COc1ccc(-c2cnnn2Cc2cc(OC)c(OC)c(OC)c2)cc1[N+](=O)[O-]. The maximum atomic E-state index is 11.3. The molecule has 10 heteroatoms. The Morgan fingerprint density at radius 3 is 2.17 bits per heavy atom. The van der Waals surface area contributed by atoms with Crippen molar-refractivity contribution in [2.24, 2.45) is 0 Å². The van der Waals surface area contributed by atoms with Crippen LogP contribution in [-0.2, 0) is 6.54 Å².